The Morgan fingerprint density at radius 2 is 1.72 bits per heavy atom. The van der Waals surface area contributed by atoms with Gasteiger partial charge in [0.1, 0.15) is 0 Å². The lowest BCUT2D eigenvalue weighted by molar-refractivity contribution is 0.634. The summed E-state index contributed by atoms with van der Waals surface area (Å²) < 4.78 is 0. The summed E-state index contributed by atoms with van der Waals surface area (Å²) in [4.78, 5) is 2.43. The van der Waals surface area contributed by atoms with Crippen LogP contribution in [0.2, 0.25) is 0 Å². The summed E-state index contributed by atoms with van der Waals surface area (Å²) >= 11 is 0. The fraction of sp³-hybridized carbons (Fsp3) is 0.250. The molecule has 2 aromatic rings. The minimum absolute atomic E-state index is 0.495. The van der Waals surface area contributed by atoms with E-state index in [9.17, 15) is 0 Å². The van der Waals surface area contributed by atoms with Gasteiger partial charge < -0.3 is 10.6 Å². The van der Waals surface area contributed by atoms with Gasteiger partial charge in [0.05, 0.1) is 0 Å². The third-order valence-electron chi connectivity index (χ3n) is 3.61. The molecule has 92 valence electrons. The molecule has 2 N–H and O–H groups in total. The van der Waals surface area contributed by atoms with E-state index in [0.717, 1.165) is 19.4 Å². The maximum Gasteiger partial charge on any atom is 0.0446 e. The van der Waals surface area contributed by atoms with E-state index in [1.165, 1.54) is 16.9 Å². The fourth-order valence-electron chi connectivity index (χ4n) is 2.82. The second-order valence-electron chi connectivity index (χ2n) is 4.77. The van der Waals surface area contributed by atoms with E-state index in [0.29, 0.717) is 6.04 Å². The number of para-hydroxylation sites is 2. The first kappa shape index (κ1) is 11.3. The van der Waals surface area contributed by atoms with Gasteiger partial charge in [-0.1, -0.05) is 36.4 Å². The normalized spacial score (nSPS) is 17.8. The third-order valence-corrected chi connectivity index (χ3v) is 3.61. The van der Waals surface area contributed by atoms with Crippen molar-refractivity contribution in [2.24, 2.45) is 5.73 Å². The molecule has 1 aliphatic rings. The standard InChI is InChI=1S/C16H18N2/c17-11-10-15-12-13-6-4-5-9-16(13)18(15)14-7-2-1-3-8-14/h1-9,15H,10-12,17H2. The molecule has 18 heavy (non-hydrogen) atoms. The monoisotopic (exact) mass is 238 g/mol. The summed E-state index contributed by atoms with van der Waals surface area (Å²) in [6.45, 7) is 0.738. The van der Waals surface area contributed by atoms with Crippen molar-refractivity contribution in [2.45, 2.75) is 18.9 Å². The highest BCUT2D eigenvalue weighted by atomic mass is 15.2. The second-order valence-corrected chi connectivity index (χ2v) is 4.77. The molecule has 1 aliphatic heterocycles. The summed E-state index contributed by atoms with van der Waals surface area (Å²) in [5.74, 6) is 0. The zero-order valence-electron chi connectivity index (χ0n) is 10.4. The van der Waals surface area contributed by atoms with Crippen molar-refractivity contribution in [3.05, 3.63) is 60.2 Å². The SMILES string of the molecule is NCCC1Cc2ccccc2N1c1ccccc1. The number of benzene rings is 2. The van der Waals surface area contributed by atoms with Crippen LogP contribution in [0.3, 0.4) is 0 Å². The van der Waals surface area contributed by atoms with Gasteiger partial charge in [-0.15, -0.1) is 0 Å². The van der Waals surface area contributed by atoms with Gasteiger partial charge in [-0.05, 0) is 43.1 Å². The van der Waals surface area contributed by atoms with Crippen LogP contribution in [0.1, 0.15) is 12.0 Å². The number of nitrogens with zero attached hydrogens (tertiary/aromatic N) is 1. The Hall–Kier alpha value is -1.80. The smallest absolute Gasteiger partial charge is 0.0446 e. The molecule has 3 rings (SSSR count). The molecule has 0 spiro atoms. The third kappa shape index (κ3) is 1.89. The van der Waals surface area contributed by atoms with Crippen molar-refractivity contribution in [1.82, 2.24) is 0 Å². The van der Waals surface area contributed by atoms with Crippen LogP contribution in [-0.2, 0) is 6.42 Å². The minimum Gasteiger partial charge on any atom is -0.338 e. The summed E-state index contributed by atoms with van der Waals surface area (Å²) in [6.07, 6.45) is 2.13. The molecule has 1 heterocycles. The van der Waals surface area contributed by atoms with E-state index in [-0.39, 0.29) is 0 Å². The van der Waals surface area contributed by atoms with Crippen LogP contribution in [0.25, 0.3) is 0 Å². The van der Waals surface area contributed by atoms with E-state index < -0.39 is 0 Å². The van der Waals surface area contributed by atoms with Crippen LogP contribution < -0.4 is 10.6 Å². The van der Waals surface area contributed by atoms with Crippen molar-refractivity contribution < 1.29 is 0 Å². The predicted molar refractivity (Wildman–Crippen MR) is 76.2 cm³/mol. The van der Waals surface area contributed by atoms with E-state index >= 15 is 0 Å². The molecule has 0 radical (unpaired) electrons. The molecule has 0 aromatic heterocycles. The Kier molecular flexibility index (Phi) is 3.03. The zero-order chi connectivity index (χ0) is 12.4. The van der Waals surface area contributed by atoms with E-state index in [1.807, 2.05) is 0 Å². The molecule has 0 bridgehead atoms. The quantitative estimate of drug-likeness (QED) is 0.890. The summed E-state index contributed by atoms with van der Waals surface area (Å²) in [7, 11) is 0. The highest BCUT2D eigenvalue weighted by molar-refractivity contribution is 5.70. The molecule has 0 amide bonds. The molecular formula is C16H18N2. The lowest BCUT2D eigenvalue weighted by atomic mass is 10.1. The summed E-state index contributed by atoms with van der Waals surface area (Å²) in [5.41, 5.74) is 9.79. The number of rotatable bonds is 3. The topological polar surface area (TPSA) is 29.3 Å². The van der Waals surface area contributed by atoms with Gasteiger partial charge >= 0.3 is 0 Å². The van der Waals surface area contributed by atoms with Gasteiger partial charge in [0, 0.05) is 17.4 Å². The van der Waals surface area contributed by atoms with Crippen LogP contribution in [0.15, 0.2) is 54.6 Å². The van der Waals surface area contributed by atoms with Gasteiger partial charge in [-0.25, -0.2) is 0 Å². The second kappa shape index (κ2) is 4.83. The molecule has 0 fully saturated rings. The van der Waals surface area contributed by atoms with Gasteiger partial charge in [0.25, 0.3) is 0 Å². The Balaban J connectivity index is 2.03. The van der Waals surface area contributed by atoms with Gasteiger partial charge in [-0.2, -0.15) is 0 Å². The van der Waals surface area contributed by atoms with Crippen LogP contribution in [-0.4, -0.2) is 12.6 Å². The summed E-state index contributed by atoms with van der Waals surface area (Å²) in [6, 6.07) is 19.7. The van der Waals surface area contributed by atoms with E-state index in [1.54, 1.807) is 0 Å². The maximum atomic E-state index is 5.76. The van der Waals surface area contributed by atoms with Crippen molar-refractivity contribution >= 4 is 11.4 Å². The minimum atomic E-state index is 0.495. The average Bonchev–Trinajstić information content (AvgIpc) is 2.78. The van der Waals surface area contributed by atoms with Crippen molar-refractivity contribution in [2.75, 3.05) is 11.4 Å². The maximum absolute atomic E-state index is 5.76. The van der Waals surface area contributed by atoms with Crippen molar-refractivity contribution in [1.29, 1.82) is 0 Å². The fourth-order valence-corrected chi connectivity index (χ4v) is 2.82. The van der Waals surface area contributed by atoms with E-state index in [2.05, 4.69) is 59.5 Å². The van der Waals surface area contributed by atoms with Crippen LogP contribution in [0.5, 0.6) is 0 Å². The zero-order valence-corrected chi connectivity index (χ0v) is 10.4. The van der Waals surface area contributed by atoms with Crippen molar-refractivity contribution in [3.8, 4) is 0 Å². The molecule has 2 heteroatoms. The lowest BCUT2D eigenvalue weighted by Gasteiger charge is -2.27. The molecule has 1 atom stereocenters. The number of nitrogens with two attached hydrogens (primary N) is 1. The Morgan fingerprint density at radius 3 is 2.50 bits per heavy atom. The molecular weight excluding hydrogens is 220 g/mol. The van der Waals surface area contributed by atoms with Crippen LogP contribution in [0, 0.1) is 0 Å². The first-order valence-corrected chi connectivity index (χ1v) is 6.52. The number of hydrogen-bond acceptors (Lipinski definition) is 2. The van der Waals surface area contributed by atoms with E-state index in [4.69, 9.17) is 5.73 Å². The van der Waals surface area contributed by atoms with Crippen LogP contribution in [0.4, 0.5) is 11.4 Å². The lowest BCUT2D eigenvalue weighted by Crippen LogP contribution is -2.29. The first-order chi connectivity index (χ1) is 8.90. The molecule has 1 unspecified atom stereocenters. The van der Waals surface area contributed by atoms with Crippen LogP contribution >= 0.6 is 0 Å². The molecule has 0 aliphatic carbocycles. The molecule has 2 nitrogen and oxygen atoms in total. The predicted octanol–water partition coefficient (Wildman–Crippen LogP) is 3.10. The number of hydrogen-bond donors (Lipinski definition) is 1. The number of fused-ring (bicyclic) bond motifs is 1. The largest absolute Gasteiger partial charge is 0.338 e. The van der Waals surface area contributed by atoms with Crippen molar-refractivity contribution in [3.63, 3.8) is 0 Å². The average molecular weight is 238 g/mol. The molecule has 0 saturated heterocycles. The summed E-state index contributed by atoms with van der Waals surface area (Å²) in [5, 5.41) is 0. The Bertz CT molecular complexity index is 522. The van der Waals surface area contributed by atoms with Gasteiger partial charge in [0.15, 0.2) is 0 Å². The van der Waals surface area contributed by atoms with Gasteiger partial charge in [-0.3, -0.25) is 0 Å². The number of anilines is 2. The molecule has 2 aromatic carbocycles. The first-order valence-electron chi connectivity index (χ1n) is 6.52. The Labute approximate surface area is 108 Å². The highest BCUT2D eigenvalue weighted by Crippen LogP contribution is 2.38. The van der Waals surface area contributed by atoms with Gasteiger partial charge in [0.2, 0.25) is 0 Å². The molecule has 0 saturated carbocycles. The highest BCUT2D eigenvalue weighted by Gasteiger charge is 2.29. The Morgan fingerprint density at radius 1 is 1.00 bits per heavy atom.